The Balaban J connectivity index is 1.56. The zero-order valence-electron chi connectivity index (χ0n) is 21.8. The molecule has 1 saturated heterocycles. The van der Waals surface area contributed by atoms with Crippen LogP contribution in [0.2, 0.25) is 0 Å². The molecular weight excluding hydrogens is 458 g/mol. The number of amidine groups is 1. The molecule has 0 bridgehead atoms. The Morgan fingerprint density at radius 3 is 2.64 bits per heavy atom. The SMILES string of the molecule is CC=Nc1cc(OC)c(OCCOC2COC2)cc1C(=NC)NC(C)c1cc(N)cc(C2(C)CC2)n1. The van der Waals surface area contributed by atoms with Crippen molar-refractivity contribution in [2.75, 3.05) is 46.3 Å². The van der Waals surface area contributed by atoms with E-state index in [0.717, 1.165) is 41.2 Å². The fraction of sp³-hybridized carbons (Fsp3) is 0.519. The molecule has 1 aromatic heterocycles. The first-order valence-corrected chi connectivity index (χ1v) is 12.4. The van der Waals surface area contributed by atoms with Crippen LogP contribution in [-0.4, -0.2) is 63.7 Å². The number of aliphatic imine (C=N–C) groups is 2. The molecular formula is C27H37N5O4. The molecule has 1 aliphatic heterocycles. The first kappa shape index (κ1) is 25.9. The molecule has 3 N–H and O–H groups in total. The maximum atomic E-state index is 6.24. The van der Waals surface area contributed by atoms with Crippen LogP contribution in [0.1, 0.15) is 56.6 Å². The molecule has 2 fully saturated rings. The molecule has 2 aromatic rings. The maximum Gasteiger partial charge on any atom is 0.162 e. The summed E-state index contributed by atoms with van der Waals surface area (Å²) < 4.78 is 22.5. The highest BCUT2D eigenvalue weighted by Gasteiger charge is 2.41. The number of pyridine rings is 1. The van der Waals surface area contributed by atoms with Crippen molar-refractivity contribution >= 4 is 23.4 Å². The molecule has 2 aliphatic rings. The summed E-state index contributed by atoms with van der Waals surface area (Å²) in [5.41, 5.74) is 10.5. The van der Waals surface area contributed by atoms with Crippen molar-refractivity contribution in [3.63, 3.8) is 0 Å². The smallest absolute Gasteiger partial charge is 0.162 e. The van der Waals surface area contributed by atoms with Gasteiger partial charge in [0.05, 0.1) is 44.4 Å². The molecule has 0 radical (unpaired) electrons. The molecule has 0 amide bonds. The van der Waals surface area contributed by atoms with E-state index in [1.165, 1.54) is 0 Å². The van der Waals surface area contributed by atoms with Gasteiger partial charge in [-0.3, -0.25) is 15.0 Å². The van der Waals surface area contributed by atoms with Gasteiger partial charge in [0.15, 0.2) is 11.5 Å². The first-order chi connectivity index (χ1) is 17.4. The van der Waals surface area contributed by atoms with Gasteiger partial charge >= 0.3 is 0 Å². The van der Waals surface area contributed by atoms with Crippen LogP contribution < -0.4 is 20.5 Å². The highest BCUT2D eigenvalue weighted by molar-refractivity contribution is 6.04. The lowest BCUT2D eigenvalue weighted by molar-refractivity contribution is -0.132. The van der Waals surface area contributed by atoms with Gasteiger partial charge < -0.3 is 30.0 Å². The van der Waals surface area contributed by atoms with Crippen LogP contribution in [0, 0.1) is 0 Å². The van der Waals surface area contributed by atoms with Gasteiger partial charge in [0.1, 0.15) is 18.5 Å². The summed E-state index contributed by atoms with van der Waals surface area (Å²) >= 11 is 0. The molecule has 1 saturated carbocycles. The number of nitrogen functional groups attached to an aromatic ring is 1. The number of benzene rings is 1. The quantitative estimate of drug-likeness (QED) is 0.276. The van der Waals surface area contributed by atoms with Crippen molar-refractivity contribution in [1.82, 2.24) is 10.3 Å². The third-order valence-corrected chi connectivity index (χ3v) is 6.61. The summed E-state index contributed by atoms with van der Waals surface area (Å²) in [4.78, 5) is 14.0. The number of nitrogens with two attached hydrogens (primary N) is 1. The zero-order valence-corrected chi connectivity index (χ0v) is 21.8. The standard InChI is InChI=1S/C27H37N5O4/c1-6-30-22-14-23(33-5)24(36-10-9-35-19-15-34-16-19)13-20(22)26(29-4)31-17(2)21-11-18(28)12-25(32-21)27(3)7-8-27/h6,11-14,17,19H,7-10,15-16H2,1-5H3,(H2,28,32)(H,29,31). The Morgan fingerprint density at radius 1 is 1.25 bits per heavy atom. The minimum Gasteiger partial charge on any atom is -0.493 e. The highest BCUT2D eigenvalue weighted by atomic mass is 16.6. The average Bonchev–Trinajstić information content (AvgIpc) is 3.60. The van der Waals surface area contributed by atoms with E-state index in [1.54, 1.807) is 20.4 Å². The van der Waals surface area contributed by atoms with E-state index in [-0.39, 0.29) is 17.6 Å². The van der Waals surface area contributed by atoms with E-state index in [4.69, 9.17) is 29.7 Å². The van der Waals surface area contributed by atoms with E-state index in [1.807, 2.05) is 31.2 Å². The summed E-state index contributed by atoms with van der Waals surface area (Å²) in [7, 11) is 3.36. The molecule has 0 spiro atoms. The molecule has 1 aromatic carbocycles. The van der Waals surface area contributed by atoms with Crippen LogP contribution in [0.4, 0.5) is 11.4 Å². The second kappa shape index (κ2) is 11.3. The molecule has 4 rings (SSSR count). The van der Waals surface area contributed by atoms with Crippen LogP contribution in [0.15, 0.2) is 34.3 Å². The van der Waals surface area contributed by atoms with Gasteiger partial charge in [0, 0.05) is 41.7 Å². The first-order valence-electron chi connectivity index (χ1n) is 12.4. The van der Waals surface area contributed by atoms with Gasteiger partial charge in [-0.1, -0.05) is 6.92 Å². The summed E-state index contributed by atoms with van der Waals surface area (Å²) in [5.74, 6) is 1.86. The van der Waals surface area contributed by atoms with Gasteiger partial charge in [0.2, 0.25) is 0 Å². The molecule has 194 valence electrons. The second-order valence-corrected chi connectivity index (χ2v) is 9.50. The minimum atomic E-state index is -0.128. The van der Waals surface area contributed by atoms with Crippen molar-refractivity contribution in [3.05, 3.63) is 41.2 Å². The Morgan fingerprint density at radius 2 is 2.03 bits per heavy atom. The highest BCUT2D eigenvalue weighted by Crippen LogP contribution is 2.47. The van der Waals surface area contributed by atoms with E-state index < -0.39 is 0 Å². The van der Waals surface area contributed by atoms with Crippen LogP contribution in [0.3, 0.4) is 0 Å². The van der Waals surface area contributed by atoms with Gasteiger partial charge in [0.25, 0.3) is 0 Å². The minimum absolute atomic E-state index is 0.128. The fourth-order valence-corrected chi connectivity index (χ4v) is 4.02. The van der Waals surface area contributed by atoms with Gasteiger partial charge in [-0.15, -0.1) is 0 Å². The van der Waals surface area contributed by atoms with Crippen LogP contribution in [0.5, 0.6) is 11.5 Å². The van der Waals surface area contributed by atoms with Crippen molar-refractivity contribution in [1.29, 1.82) is 0 Å². The normalized spacial score (nSPS) is 18.1. The number of anilines is 1. The summed E-state index contributed by atoms with van der Waals surface area (Å²) in [5, 5.41) is 3.51. The van der Waals surface area contributed by atoms with Crippen LogP contribution in [0.25, 0.3) is 0 Å². The van der Waals surface area contributed by atoms with Crippen molar-refractivity contribution in [3.8, 4) is 11.5 Å². The lowest BCUT2D eigenvalue weighted by Gasteiger charge is -2.26. The number of rotatable bonds is 11. The topological polar surface area (TPSA) is 113 Å². The van der Waals surface area contributed by atoms with Gasteiger partial charge in [-0.05, 0) is 44.9 Å². The monoisotopic (exact) mass is 495 g/mol. The van der Waals surface area contributed by atoms with E-state index in [0.29, 0.717) is 43.8 Å². The number of methoxy groups -OCH3 is 1. The number of aromatic nitrogens is 1. The molecule has 9 nitrogen and oxygen atoms in total. The number of hydrogen-bond donors (Lipinski definition) is 2. The second-order valence-electron chi connectivity index (χ2n) is 9.50. The Kier molecular flexibility index (Phi) is 8.11. The largest absolute Gasteiger partial charge is 0.493 e. The molecule has 9 heteroatoms. The zero-order chi connectivity index (χ0) is 25.7. The molecule has 1 atom stereocenters. The van der Waals surface area contributed by atoms with Crippen LogP contribution in [-0.2, 0) is 14.9 Å². The third kappa shape index (κ3) is 5.96. The number of hydrogen-bond acceptors (Lipinski definition) is 8. The van der Waals surface area contributed by atoms with Crippen molar-refractivity contribution in [2.24, 2.45) is 9.98 Å². The number of ether oxygens (including phenoxy) is 4. The average molecular weight is 496 g/mol. The molecule has 1 aliphatic carbocycles. The molecule has 2 heterocycles. The lowest BCUT2D eigenvalue weighted by atomic mass is 10.0. The maximum absolute atomic E-state index is 6.24. The summed E-state index contributed by atoms with van der Waals surface area (Å²) in [6, 6.07) is 7.53. The third-order valence-electron chi connectivity index (χ3n) is 6.61. The van der Waals surface area contributed by atoms with Crippen molar-refractivity contribution in [2.45, 2.75) is 51.2 Å². The number of nitrogens with zero attached hydrogens (tertiary/aromatic N) is 3. The lowest BCUT2D eigenvalue weighted by Crippen LogP contribution is -2.37. The van der Waals surface area contributed by atoms with E-state index in [2.05, 4.69) is 29.1 Å². The van der Waals surface area contributed by atoms with E-state index in [9.17, 15) is 0 Å². The summed E-state index contributed by atoms with van der Waals surface area (Å²) in [6.45, 7) is 8.29. The Labute approximate surface area is 213 Å². The predicted molar refractivity (Wildman–Crippen MR) is 142 cm³/mol. The predicted octanol–water partition coefficient (Wildman–Crippen LogP) is 3.97. The van der Waals surface area contributed by atoms with Crippen molar-refractivity contribution < 1.29 is 18.9 Å². The van der Waals surface area contributed by atoms with E-state index >= 15 is 0 Å². The van der Waals surface area contributed by atoms with Gasteiger partial charge in [-0.25, -0.2) is 0 Å². The Bertz CT molecular complexity index is 1130. The van der Waals surface area contributed by atoms with Gasteiger partial charge in [-0.2, -0.15) is 0 Å². The fourth-order valence-electron chi connectivity index (χ4n) is 4.02. The molecule has 1 unspecified atom stereocenters. The number of nitrogens with one attached hydrogen (secondary N) is 1. The summed E-state index contributed by atoms with van der Waals surface area (Å²) in [6.07, 6.45) is 4.17. The Hall–Kier alpha value is -3.17. The van der Waals surface area contributed by atoms with Crippen LogP contribution >= 0.6 is 0 Å². The molecule has 36 heavy (non-hydrogen) atoms.